The highest BCUT2D eigenvalue weighted by Gasteiger charge is 2.33. The molecule has 0 aliphatic rings. The number of anilines is 1. The van der Waals surface area contributed by atoms with Crippen LogP contribution in [0, 0.1) is 6.92 Å². The van der Waals surface area contributed by atoms with E-state index in [1.54, 1.807) is 0 Å². The van der Waals surface area contributed by atoms with Crippen LogP contribution in [-0.2, 0) is 17.5 Å². The number of amides is 1. The van der Waals surface area contributed by atoms with E-state index in [4.69, 9.17) is 11.6 Å². The first-order valence-electron chi connectivity index (χ1n) is 7.18. The zero-order valence-corrected chi connectivity index (χ0v) is 13.6. The number of halogens is 4. The van der Waals surface area contributed by atoms with Gasteiger partial charge in [-0.15, -0.1) is 0 Å². The van der Waals surface area contributed by atoms with Crippen molar-refractivity contribution in [2.45, 2.75) is 19.6 Å². The lowest BCUT2D eigenvalue weighted by Gasteiger charge is -2.15. The minimum absolute atomic E-state index is 0.0169. The largest absolute Gasteiger partial charge is 0.418 e. The number of carbonyl (C=O) groups is 1. The standard InChI is InChI=1S/C17H16ClF3N2O/c1-11-2-4-12(5-3-11)9-23-16(24)10-22-15-7-6-13(18)8-14(15)17(19,20)21/h2-8,22H,9-10H2,1H3,(H,23,24). The monoisotopic (exact) mass is 356 g/mol. The maximum absolute atomic E-state index is 13.0. The van der Waals surface area contributed by atoms with E-state index in [2.05, 4.69) is 10.6 Å². The van der Waals surface area contributed by atoms with Gasteiger partial charge in [-0.05, 0) is 30.7 Å². The van der Waals surface area contributed by atoms with Crippen molar-refractivity contribution in [3.05, 3.63) is 64.2 Å². The van der Waals surface area contributed by atoms with Crippen molar-refractivity contribution in [1.82, 2.24) is 5.32 Å². The molecule has 0 heterocycles. The fourth-order valence-corrected chi connectivity index (χ4v) is 2.22. The molecule has 0 aliphatic carbocycles. The molecule has 0 aromatic heterocycles. The summed E-state index contributed by atoms with van der Waals surface area (Å²) in [7, 11) is 0. The quantitative estimate of drug-likeness (QED) is 0.834. The first kappa shape index (κ1) is 18.1. The maximum Gasteiger partial charge on any atom is 0.418 e. The molecular weight excluding hydrogens is 341 g/mol. The van der Waals surface area contributed by atoms with Crippen LogP contribution in [0.4, 0.5) is 18.9 Å². The van der Waals surface area contributed by atoms with Gasteiger partial charge >= 0.3 is 6.18 Å². The summed E-state index contributed by atoms with van der Waals surface area (Å²) in [5.74, 6) is -0.404. The Balaban J connectivity index is 1.93. The van der Waals surface area contributed by atoms with Crippen LogP contribution >= 0.6 is 11.6 Å². The van der Waals surface area contributed by atoms with Gasteiger partial charge in [0, 0.05) is 17.3 Å². The molecule has 0 saturated carbocycles. The molecule has 0 fully saturated rings. The van der Waals surface area contributed by atoms with Gasteiger partial charge in [0.1, 0.15) is 0 Å². The molecule has 24 heavy (non-hydrogen) atoms. The molecule has 1 amide bonds. The van der Waals surface area contributed by atoms with Crippen LogP contribution < -0.4 is 10.6 Å². The maximum atomic E-state index is 13.0. The highest BCUT2D eigenvalue weighted by Crippen LogP contribution is 2.36. The molecule has 2 N–H and O–H groups in total. The minimum atomic E-state index is -4.55. The number of alkyl halides is 3. The molecule has 7 heteroatoms. The van der Waals surface area contributed by atoms with Gasteiger partial charge in [0.15, 0.2) is 0 Å². The second-order valence-corrected chi connectivity index (χ2v) is 5.74. The minimum Gasteiger partial charge on any atom is -0.376 e. The van der Waals surface area contributed by atoms with Crippen LogP contribution in [0.5, 0.6) is 0 Å². The number of hydrogen-bond donors (Lipinski definition) is 2. The van der Waals surface area contributed by atoms with Gasteiger partial charge in [-0.25, -0.2) is 0 Å². The number of benzene rings is 2. The molecule has 0 saturated heterocycles. The van der Waals surface area contributed by atoms with Crippen molar-refractivity contribution >= 4 is 23.2 Å². The van der Waals surface area contributed by atoms with Gasteiger partial charge in [-0.3, -0.25) is 4.79 Å². The van der Waals surface area contributed by atoms with Crippen LogP contribution in [-0.4, -0.2) is 12.5 Å². The molecule has 2 aromatic rings. The van der Waals surface area contributed by atoms with Crippen molar-refractivity contribution in [2.75, 3.05) is 11.9 Å². The average molecular weight is 357 g/mol. The SMILES string of the molecule is Cc1ccc(CNC(=O)CNc2ccc(Cl)cc2C(F)(F)F)cc1. The third kappa shape index (κ3) is 5.16. The number of nitrogens with one attached hydrogen (secondary N) is 2. The second kappa shape index (κ2) is 7.57. The van der Waals surface area contributed by atoms with Crippen molar-refractivity contribution in [1.29, 1.82) is 0 Å². The van der Waals surface area contributed by atoms with E-state index in [0.29, 0.717) is 6.54 Å². The Kier molecular flexibility index (Phi) is 5.72. The molecule has 0 bridgehead atoms. The Hall–Kier alpha value is -2.21. The summed E-state index contributed by atoms with van der Waals surface area (Å²) in [4.78, 5) is 11.8. The van der Waals surface area contributed by atoms with Crippen molar-refractivity contribution in [2.24, 2.45) is 0 Å². The Morgan fingerprint density at radius 1 is 1.12 bits per heavy atom. The zero-order chi connectivity index (χ0) is 17.7. The predicted molar refractivity (Wildman–Crippen MR) is 88.0 cm³/mol. The number of carbonyl (C=O) groups excluding carboxylic acids is 1. The lowest BCUT2D eigenvalue weighted by Crippen LogP contribution is -2.29. The van der Waals surface area contributed by atoms with E-state index in [9.17, 15) is 18.0 Å². The summed E-state index contributed by atoms with van der Waals surface area (Å²) >= 11 is 5.61. The van der Waals surface area contributed by atoms with E-state index >= 15 is 0 Å². The zero-order valence-electron chi connectivity index (χ0n) is 12.9. The Morgan fingerprint density at radius 2 is 1.79 bits per heavy atom. The van der Waals surface area contributed by atoms with Gasteiger partial charge < -0.3 is 10.6 Å². The van der Waals surface area contributed by atoms with E-state index in [0.717, 1.165) is 17.2 Å². The summed E-state index contributed by atoms with van der Waals surface area (Å²) < 4.78 is 38.9. The number of hydrogen-bond acceptors (Lipinski definition) is 2. The van der Waals surface area contributed by atoms with E-state index in [1.807, 2.05) is 31.2 Å². The lowest BCUT2D eigenvalue weighted by atomic mass is 10.1. The number of aryl methyl sites for hydroxylation is 1. The van der Waals surface area contributed by atoms with E-state index in [1.165, 1.54) is 12.1 Å². The van der Waals surface area contributed by atoms with Gasteiger partial charge in [-0.1, -0.05) is 41.4 Å². The van der Waals surface area contributed by atoms with Gasteiger partial charge in [-0.2, -0.15) is 13.2 Å². The average Bonchev–Trinajstić information content (AvgIpc) is 2.52. The molecule has 2 aromatic carbocycles. The predicted octanol–water partition coefficient (Wildman–Crippen LogP) is 4.40. The summed E-state index contributed by atoms with van der Waals surface area (Å²) in [6.07, 6.45) is -4.55. The summed E-state index contributed by atoms with van der Waals surface area (Å²) in [6, 6.07) is 11.0. The van der Waals surface area contributed by atoms with Crippen LogP contribution in [0.2, 0.25) is 5.02 Å². The molecule has 2 rings (SSSR count). The van der Waals surface area contributed by atoms with Gasteiger partial charge in [0.2, 0.25) is 5.91 Å². The summed E-state index contributed by atoms with van der Waals surface area (Å²) in [5, 5.41) is 5.13. The third-order valence-electron chi connectivity index (χ3n) is 3.34. The highest BCUT2D eigenvalue weighted by atomic mass is 35.5. The van der Waals surface area contributed by atoms with E-state index in [-0.39, 0.29) is 17.3 Å². The van der Waals surface area contributed by atoms with Crippen LogP contribution in [0.25, 0.3) is 0 Å². The smallest absolute Gasteiger partial charge is 0.376 e. The molecule has 0 radical (unpaired) electrons. The molecule has 0 atom stereocenters. The van der Waals surface area contributed by atoms with Crippen LogP contribution in [0.1, 0.15) is 16.7 Å². The molecule has 0 unspecified atom stereocenters. The van der Waals surface area contributed by atoms with Crippen molar-refractivity contribution < 1.29 is 18.0 Å². The third-order valence-corrected chi connectivity index (χ3v) is 3.57. The topological polar surface area (TPSA) is 41.1 Å². The first-order valence-corrected chi connectivity index (χ1v) is 7.56. The fourth-order valence-electron chi connectivity index (χ4n) is 2.05. The van der Waals surface area contributed by atoms with Gasteiger partial charge in [0.25, 0.3) is 0 Å². The molecular formula is C17H16ClF3N2O. The van der Waals surface area contributed by atoms with Crippen LogP contribution in [0.3, 0.4) is 0 Å². The van der Waals surface area contributed by atoms with Gasteiger partial charge in [0.05, 0.1) is 12.1 Å². The van der Waals surface area contributed by atoms with E-state index < -0.39 is 17.6 Å². The normalized spacial score (nSPS) is 11.2. The first-order chi connectivity index (χ1) is 11.3. The summed E-state index contributed by atoms with van der Waals surface area (Å²) in [5.41, 5.74) is 0.935. The second-order valence-electron chi connectivity index (χ2n) is 5.30. The van der Waals surface area contributed by atoms with Crippen molar-refractivity contribution in [3.63, 3.8) is 0 Å². The molecule has 0 spiro atoms. The Labute approximate surface area is 142 Å². The Bertz CT molecular complexity index is 715. The fraction of sp³-hybridized carbons (Fsp3) is 0.235. The number of rotatable bonds is 5. The Morgan fingerprint density at radius 3 is 2.42 bits per heavy atom. The highest BCUT2D eigenvalue weighted by molar-refractivity contribution is 6.30. The molecule has 3 nitrogen and oxygen atoms in total. The summed E-state index contributed by atoms with van der Waals surface area (Å²) in [6.45, 7) is 2.00. The molecule has 0 aliphatic heterocycles. The van der Waals surface area contributed by atoms with Crippen molar-refractivity contribution in [3.8, 4) is 0 Å². The van der Waals surface area contributed by atoms with Crippen LogP contribution in [0.15, 0.2) is 42.5 Å². The lowest BCUT2D eigenvalue weighted by molar-refractivity contribution is -0.137. The molecule has 128 valence electrons.